The lowest BCUT2D eigenvalue weighted by Crippen LogP contribution is -2.46. The van der Waals surface area contributed by atoms with Gasteiger partial charge >= 0.3 is 6.18 Å². The van der Waals surface area contributed by atoms with Crippen LogP contribution < -0.4 is 5.32 Å². The van der Waals surface area contributed by atoms with Crippen molar-refractivity contribution < 1.29 is 13.2 Å². The maximum absolute atomic E-state index is 12.8. The molecule has 0 bridgehead atoms. The number of hydrogen-bond donors (Lipinski definition) is 1. The molecule has 1 N–H and O–H groups in total. The van der Waals surface area contributed by atoms with Crippen LogP contribution in [0.15, 0.2) is 24.3 Å². The summed E-state index contributed by atoms with van der Waals surface area (Å²) in [5.41, 5.74) is 1.76. The number of nitrogens with one attached hydrogen (secondary N) is 1. The molecular weight excluding hydrogens is 324 g/mol. The molecule has 0 aromatic heterocycles. The summed E-state index contributed by atoms with van der Waals surface area (Å²) in [5, 5.41) is 3.17. The Morgan fingerprint density at radius 1 is 1.19 bits per heavy atom. The smallest absolute Gasteiger partial charge is 0.314 e. The molecule has 2 rings (SSSR count). The summed E-state index contributed by atoms with van der Waals surface area (Å²) >= 11 is 0. The fourth-order valence-electron chi connectivity index (χ4n) is 2.55. The highest BCUT2D eigenvalue weighted by atomic mass is 35.5. The van der Waals surface area contributed by atoms with Gasteiger partial charge in [0.2, 0.25) is 0 Å². The van der Waals surface area contributed by atoms with E-state index in [4.69, 9.17) is 0 Å². The van der Waals surface area contributed by atoms with E-state index < -0.39 is 18.6 Å². The second kappa shape index (κ2) is 8.83. The van der Waals surface area contributed by atoms with Crippen molar-refractivity contribution in [2.24, 2.45) is 0 Å². The number of aryl methyl sites for hydroxylation is 1. The van der Waals surface area contributed by atoms with Gasteiger partial charge in [0.05, 0.1) is 6.42 Å². The average molecular weight is 345 g/mol. The first kappa shape index (κ1) is 20.5. The normalized spacial score (nSPS) is 17.5. The Morgan fingerprint density at radius 3 is 2.33 bits per heavy atom. The van der Waals surface area contributed by atoms with Gasteiger partial charge < -0.3 is 5.32 Å². The maximum Gasteiger partial charge on any atom is 0.390 e. The van der Waals surface area contributed by atoms with Gasteiger partial charge in [0, 0.05) is 32.2 Å². The molecule has 1 aromatic carbocycles. The summed E-state index contributed by atoms with van der Waals surface area (Å²) in [6.07, 6.45) is -4.92. The molecule has 0 aliphatic carbocycles. The van der Waals surface area contributed by atoms with E-state index in [9.17, 15) is 13.2 Å². The van der Waals surface area contributed by atoms with Gasteiger partial charge in [0.15, 0.2) is 0 Å². The van der Waals surface area contributed by atoms with E-state index in [1.807, 2.05) is 30.0 Å². The van der Waals surface area contributed by atoms with Crippen molar-refractivity contribution in [1.29, 1.82) is 0 Å². The van der Waals surface area contributed by atoms with Gasteiger partial charge in [0.25, 0.3) is 0 Å². The predicted octanol–water partition coefficient (Wildman–Crippen LogP) is 3.74. The van der Waals surface area contributed by atoms with Crippen molar-refractivity contribution in [1.82, 2.24) is 10.2 Å². The molecule has 0 spiro atoms. The Balaban J connectivity index is 0.00000200. The third kappa shape index (κ3) is 6.43. The van der Waals surface area contributed by atoms with Crippen LogP contribution >= 0.6 is 24.8 Å². The SMILES string of the molecule is Cc1cccc([C@H](CC(F)(F)F)N2CCNCC2)c1.Cl.Cl. The van der Waals surface area contributed by atoms with Crippen molar-refractivity contribution in [3.63, 3.8) is 0 Å². The molecule has 1 atom stereocenters. The van der Waals surface area contributed by atoms with Gasteiger partial charge in [-0.25, -0.2) is 0 Å². The van der Waals surface area contributed by atoms with E-state index in [-0.39, 0.29) is 24.8 Å². The van der Waals surface area contributed by atoms with Crippen LogP contribution in [0.25, 0.3) is 0 Å². The van der Waals surface area contributed by atoms with Crippen LogP contribution in [0, 0.1) is 6.92 Å². The lowest BCUT2D eigenvalue weighted by Gasteiger charge is -2.35. The average Bonchev–Trinajstić information content (AvgIpc) is 2.36. The van der Waals surface area contributed by atoms with Crippen molar-refractivity contribution in [3.8, 4) is 0 Å². The van der Waals surface area contributed by atoms with Crippen molar-refractivity contribution in [2.75, 3.05) is 26.2 Å². The topological polar surface area (TPSA) is 15.3 Å². The predicted molar refractivity (Wildman–Crippen MR) is 83.5 cm³/mol. The van der Waals surface area contributed by atoms with Crippen molar-refractivity contribution >= 4 is 24.8 Å². The largest absolute Gasteiger partial charge is 0.390 e. The first-order valence-electron chi connectivity index (χ1n) is 6.54. The lowest BCUT2D eigenvalue weighted by atomic mass is 9.99. The zero-order chi connectivity index (χ0) is 13.9. The second-order valence-electron chi connectivity index (χ2n) is 5.04. The van der Waals surface area contributed by atoms with E-state index in [2.05, 4.69) is 5.32 Å². The molecule has 1 aliphatic heterocycles. The Labute approximate surface area is 135 Å². The molecule has 0 radical (unpaired) electrons. The number of nitrogens with zero attached hydrogens (tertiary/aromatic N) is 1. The third-order valence-electron chi connectivity index (χ3n) is 3.44. The van der Waals surface area contributed by atoms with E-state index in [0.29, 0.717) is 13.1 Å². The van der Waals surface area contributed by atoms with Crippen LogP contribution in [0.2, 0.25) is 0 Å². The van der Waals surface area contributed by atoms with E-state index in [0.717, 1.165) is 24.2 Å². The molecule has 1 aromatic rings. The van der Waals surface area contributed by atoms with E-state index in [1.165, 1.54) is 0 Å². The van der Waals surface area contributed by atoms with E-state index in [1.54, 1.807) is 6.07 Å². The standard InChI is InChI=1S/C14H19F3N2.2ClH/c1-11-3-2-4-12(9-11)13(10-14(15,16)17)19-7-5-18-6-8-19;;/h2-4,9,13,18H,5-8,10H2,1H3;2*1H/t13-;;/m0../s1. The monoisotopic (exact) mass is 344 g/mol. The first-order valence-corrected chi connectivity index (χ1v) is 6.54. The third-order valence-corrected chi connectivity index (χ3v) is 3.44. The summed E-state index contributed by atoms with van der Waals surface area (Å²) in [4.78, 5) is 1.93. The van der Waals surface area contributed by atoms with E-state index >= 15 is 0 Å². The molecule has 0 saturated carbocycles. The highest BCUT2D eigenvalue weighted by Gasteiger charge is 2.35. The van der Waals surface area contributed by atoms with Gasteiger partial charge in [-0.05, 0) is 12.5 Å². The van der Waals surface area contributed by atoms with Gasteiger partial charge in [0.1, 0.15) is 0 Å². The first-order chi connectivity index (χ1) is 8.96. The van der Waals surface area contributed by atoms with Crippen molar-refractivity contribution in [3.05, 3.63) is 35.4 Å². The van der Waals surface area contributed by atoms with Crippen LogP contribution in [-0.2, 0) is 0 Å². The number of halogens is 5. The van der Waals surface area contributed by atoms with Gasteiger partial charge in [-0.15, -0.1) is 24.8 Å². The summed E-state index contributed by atoms with van der Waals surface area (Å²) < 4.78 is 38.4. The van der Waals surface area contributed by atoms with Crippen LogP contribution in [0.5, 0.6) is 0 Å². The number of piperazine rings is 1. The zero-order valence-corrected chi connectivity index (χ0v) is 13.5. The Morgan fingerprint density at radius 2 is 1.81 bits per heavy atom. The molecule has 21 heavy (non-hydrogen) atoms. The molecule has 122 valence electrons. The number of hydrogen-bond acceptors (Lipinski definition) is 2. The Hall–Kier alpha value is -0.490. The van der Waals surface area contributed by atoms with Crippen LogP contribution in [0.3, 0.4) is 0 Å². The summed E-state index contributed by atoms with van der Waals surface area (Å²) in [7, 11) is 0. The molecule has 0 amide bonds. The van der Waals surface area contributed by atoms with Gasteiger partial charge in [-0.3, -0.25) is 4.90 Å². The molecule has 1 fully saturated rings. The fraction of sp³-hybridized carbons (Fsp3) is 0.571. The molecule has 0 unspecified atom stereocenters. The van der Waals surface area contributed by atoms with Gasteiger partial charge in [-0.1, -0.05) is 29.8 Å². The highest BCUT2D eigenvalue weighted by Crippen LogP contribution is 2.34. The molecule has 1 saturated heterocycles. The molecule has 7 heteroatoms. The minimum atomic E-state index is -4.14. The number of benzene rings is 1. The molecule has 2 nitrogen and oxygen atoms in total. The van der Waals surface area contributed by atoms with Crippen LogP contribution in [-0.4, -0.2) is 37.3 Å². The minimum absolute atomic E-state index is 0. The summed E-state index contributed by atoms with van der Waals surface area (Å²) in [6.45, 7) is 4.73. The highest BCUT2D eigenvalue weighted by molar-refractivity contribution is 5.85. The Kier molecular flexibility index (Phi) is 8.63. The molecule has 1 heterocycles. The minimum Gasteiger partial charge on any atom is -0.314 e. The lowest BCUT2D eigenvalue weighted by molar-refractivity contribution is -0.148. The fourth-order valence-corrected chi connectivity index (χ4v) is 2.55. The van der Waals surface area contributed by atoms with Gasteiger partial charge in [-0.2, -0.15) is 13.2 Å². The second-order valence-corrected chi connectivity index (χ2v) is 5.04. The molecule has 1 aliphatic rings. The van der Waals surface area contributed by atoms with Crippen LogP contribution in [0.4, 0.5) is 13.2 Å². The Bertz CT molecular complexity index is 421. The van der Waals surface area contributed by atoms with Crippen molar-refractivity contribution in [2.45, 2.75) is 25.6 Å². The summed E-state index contributed by atoms with van der Waals surface area (Å²) in [6, 6.07) is 6.83. The molecular formula is C14H21Cl2F3N2. The zero-order valence-electron chi connectivity index (χ0n) is 11.8. The summed E-state index contributed by atoms with van der Waals surface area (Å²) in [5.74, 6) is 0. The van der Waals surface area contributed by atoms with Crippen LogP contribution in [0.1, 0.15) is 23.6 Å². The maximum atomic E-state index is 12.8. The quantitative estimate of drug-likeness (QED) is 0.898. The number of rotatable bonds is 3. The number of alkyl halides is 3.